The Kier molecular flexibility index (Phi) is 4.29. The lowest BCUT2D eigenvalue weighted by atomic mass is 9.73. The number of piperidine rings is 1. The molecule has 3 rings (SSSR count). The number of likely N-dealkylation sites (tertiary alicyclic amines) is 1. The smallest absolute Gasteiger partial charge is 0.211 e. The predicted molar refractivity (Wildman–Crippen MR) is 85.8 cm³/mol. The summed E-state index contributed by atoms with van der Waals surface area (Å²) in [7, 11) is -3.18. The average Bonchev–Trinajstić information content (AvgIpc) is 2.88. The molecule has 2 aliphatic heterocycles. The van der Waals surface area contributed by atoms with E-state index in [1.807, 2.05) is 18.2 Å². The van der Waals surface area contributed by atoms with Gasteiger partial charge >= 0.3 is 0 Å². The van der Waals surface area contributed by atoms with Crippen LogP contribution in [0.15, 0.2) is 30.3 Å². The third-order valence-corrected chi connectivity index (χ3v) is 6.43. The standard InChI is InChI=1S/C16H24N2O3S/c1-22(20,21)18-11-15-10-17(8-7-16(15,12-18)13-19)9-14-5-3-2-4-6-14/h2-6,15,19H,7-13H2,1H3/t15-,16+/m1/s1. The fourth-order valence-corrected chi connectivity index (χ4v) is 4.74. The van der Waals surface area contributed by atoms with Crippen LogP contribution in [-0.2, 0) is 16.6 Å². The lowest BCUT2D eigenvalue weighted by Crippen LogP contribution is -2.48. The predicted octanol–water partition coefficient (Wildman–Crippen LogP) is 0.762. The van der Waals surface area contributed by atoms with E-state index in [-0.39, 0.29) is 17.9 Å². The molecule has 6 heteroatoms. The van der Waals surface area contributed by atoms with E-state index in [4.69, 9.17) is 0 Å². The van der Waals surface area contributed by atoms with Gasteiger partial charge in [-0.05, 0) is 24.4 Å². The van der Waals surface area contributed by atoms with Gasteiger partial charge in [0.2, 0.25) is 10.0 Å². The number of hydrogen-bond donors (Lipinski definition) is 1. The Morgan fingerprint density at radius 2 is 2.00 bits per heavy atom. The van der Waals surface area contributed by atoms with Crippen molar-refractivity contribution in [2.75, 3.05) is 39.0 Å². The molecule has 0 spiro atoms. The average molecular weight is 324 g/mol. The molecule has 0 aromatic heterocycles. The van der Waals surface area contributed by atoms with Crippen molar-refractivity contribution in [3.8, 4) is 0 Å². The van der Waals surface area contributed by atoms with Crippen LogP contribution >= 0.6 is 0 Å². The van der Waals surface area contributed by atoms with Crippen molar-refractivity contribution < 1.29 is 13.5 Å². The van der Waals surface area contributed by atoms with E-state index in [1.165, 1.54) is 11.8 Å². The maximum Gasteiger partial charge on any atom is 0.211 e. The van der Waals surface area contributed by atoms with Crippen LogP contribution in [0.3, 0.4) is 0 Å². The van der Waals surface area contributed by atoms with E-state index in [0.717, 1.165) is 26.1 Å². The first-order valence-electron chi connectivity index (χ1n) is 7.75. The van der Waals surface area contributed by atoms with Crippen LogP contribution in [0.2, 0.25) is 0 Å². The van der Waals surface area contributed by atoms with Gasteiger partial charge in [-0.1, -0.05) is 30.3 Å². The van der Waals surface area contributed by atoms with Gasteiger partial charge in [0, 0.05) is 31.6 Å². The number of rotatable bonds is 4. The molecule has 1 aromatic rings. The minimum atomic E-state index is -3.18. The fraction of sp³-hybridized carbons (Fsp3) is 0.625. The van der Waals surface area contributed by atoms with Gasteiger partial charge in [0.1, 0.15) is 0 Å². The van der Waals surface area contributed by atoms with E-state index >= 15 is 0 Å². The van der Waals surface area contributed by atoms with Gasteiger partial charge < -0.3 is 5.11 Å². The molecule has 0 amide bonds. The van der Waals surface area contributed by atoms with Gasteiger partial charge in [0.05, 0.1) is 12.9 Å². The first kappa shape index (κ1) is 15.9. The molecule has 22 heavy (non-hydrogen) atoms. The van der Waals surface area contributed by atoms with Gasteiger partial charge in [-0.25, -0.2) is 12.7 Å². The van der Waals surface area contributed by atoms with Crippen LogP contribution in [0.4, 0.5) is 0 Å². The number of sulfonamides is 1. The van der Waals surface area contributed by atoms with Gasteiger partial charge in [-0.2, -0.15) is 0 Å². The van der Waals surface area contributed by atoms with Crippen molar-refractivity contribution in [2.24, 2.45) is 11.3 Å². The van der Waals surface area contributed by atoms with Crippen molar-refractivity contribution in [2.45, 2.75) is 13.0 Å². The maximum absolute atomic E-state index is 11.8. The molecule has 0 aliphatic carbocycles. The summed E-state index contributed by atoms with van der Waals surface area (Å²) >= 11 is 0. The zero-order valence-corrected chi connectivity index (χ0v) is 13.8. The molecular formula is C16H24N2O3S. The quantitative estimate of drug-likeness (QED) is 0.888. The van der Waals surface area contributed by atoms with Gasteiger partial charge in [-0.15, -0.1) is 0 Å². The Morgan fingerprint density at radius 1 is 1.27 bits per heavy atom. The Bertz CT molecular complexity index is 620. The van der Waals surface area contributed by atoms with Crippen molar-refractivity contribution in [3.63, 3.8) is 0 Å². The molecule has 2 heterocycles. The fourth-order valence-electron chi connectivity index (χ4n) is 3.80. The SMILES string of the molecule is CS(=O)(=O)N1C[C@H]2CN(Cc3ccccc3)CC[C@@]2(CO)C1. The number of aliphatic hydroxyl groups excluding tert-OH is 1. The first-order chi connectivity index (χ1) is 10.4. The van der Waals surface area contributed by atoms with Crippen molar-refractivity contribution >= 4 is 10.0 Å². The molecule has 1 N–H and O–H groups in total. The van der Waals surface area contributed by atoms with Crippen LogP contribution in [0.1, 0.15) is 12.0 Å². The summed E-state index contributed by atoms with van der Waals surface area (Å²) in [6.07, 6.45) is 2.12. The molecule has 0 saturated carbocycles. The van der Waals surface area contributed by atoms with E-state index in [2.05, 4.69) is 17.0 Å². The van der Waals surface area contributed by atoms with E-state index in [1.54, 1.807) is 4.31 Å². The summed E-state index contributed by atoms with van der Waals surface area (Å²) in [5.41, 5.74) is 1.02. The van der Waals surface area contributed by atoms with Gasteiger partial charge in [0.15, 0.2) is 0 Å². The lowest BCUT2D eigenvalue weighted by molar-refractivity contribution is 0.0170. The Hall–Kier alpha value is -0.950. The second kappa shape index (κ2) is 5.92. The largest absolute Gasteiger partial charge is 0.396 e. The highest BCUT2D eigenvalue weighted by Gasteiger charge is 2.51. The molecule has 2 aliphatic rings. The highest BCUT2D eigenvalue weighted by Crippen LogP contribution is 2.43. The van der Waals surface area contributed by atoms with Crippen LogP contribution in [-0.4, -0.2) is 61.8 Å². The summed E-state index contributed by atoms with van der Waals surface area (Å²) in [5.74, 6) is 0.213. The second-order valence-corrected chi connectivity index (χ2v) is 8.73. The first-order valence-corrected chi connectivity index (χ1v) is 9.60. The third-order valence-electron chi connectivity index (χ3n) is 5.22. The number of nitrogens with zero attached hydrogens (tertiary/aromatic N) is 2. The van der Waals surface area contributed by atoms with Crippen LogP contribution in [0, 0.1) is 11.3 Å². The van der Waals surface area contributed by atoms with Crippen LogP contribution in [0.25, 0.3) is 0 Å². The van der Waals surface area contributed by atoms with Gasteiger partial charge in [0.25, 0.3) is 0 Å². The van der Waals surface area contributed by atoms with E-state index in [9.17, 15) is 13.5 Å². The molecule has 0 radical (unpaired) electrons. The number of hydrogen-bond acceptors (Lipinski definition) is 4. The Balaban J connectivity index is 1.72. The van der Waals surface area contributed by atoms with E-state index in [0.29, 0.717) is 13.1 Å². The Labute approximate surface area is 132 Å². The highest BCUT2D eigenvalue weighted by atomic mass is 32.2. The third kappa shape index (κ3) is 3.06. The topological polar surface area (TPSA) is 60.9 Å². The highest BCUT2D eigenvalue weighted by molar-refractivity contribution is 7.88. The van der Waals surface area contributed by atoms with Crippen molar-refractivity contribution in [3.05, 3.63) is 35.9 Å². The normalized spacial score (nSPS) is 30.4. The summed E-state index contributed by atoms with van der Waals surface area (Å²) in [4.78, 5) is 2.37. The van der Waals surface area contributed by atoms with Crippen LogP contribution < -0.4 is 0 Å². The molecule has 2 atom stereocenters. The lowest BCUT2D eigenvalue weighted by Gasteiger charge is -2.42. The molecule has 0 bridgehead atoms. The van der Waals surface area contributed by atoms with E-state index < -0.39 is 10.0 Å². The van der Waals surface area contributed by atoms with Crippen molar-refractivity contribution in [1.82, 2.24) is 9.21 Å². The molecule has 0 unspecified atom stereocenters. The minimum absolute atomic E-state index is 0.0723. The molecule has 1 aromatic carbocycles. The molecule has 122 valence electrons. The second-order valence-electron chi connectivity index (χ2n) is 6.74. The molecule has 5 nitrogen and oxygen atoms in total. The van der Waals surface area contributed by atoms with Crippen LogP contribution in [0.5, 0.6) is 0 Å². The summed E-state index contributed by atoms with van der Waals surface area (Å²) < 4.78 is 25.2. The summed E-state index contributed by atoms with van der Waals surface area (Å²) in [6.45, 7) is 3.71. The van der Waals surface area contributed by atoms with Crippen molar-refractivity contribution in [1.29, 1.82) is 0 Å². The summed E-state index contributed by atoms with van der Waals surface area (Å²) in [6, 6.07) is 10.3. The number of aliphatic hydroxyl groups is 1. The molecule has 2 saturated heterocycles. The summed E-state index contributed by atoms with van der Waals surface area (Å²) in [5, 5.41) is 9.87. The minimum Gasteiger partial charge on any atom is -0.396 e. The monoisotopic (exact) mass is 324 g/mol. The number of fused-ring (bicyclic) bond motifs is 1. The van der Waals surface area contributed by atoms with Gasteiger partial charge in [-0.3, -0.25) is 4.90 Å². The maximum atomic E-state index is 11.8. The Morgan fingerprint density at radius 3 is 2.64 bits per heavy atom. The molecular weight excluding hydrogens is 300 g/mol. The zero-order valence-electron chi connectivity index (χ0n) is 13.0. The molecule has 2 fully saturated rings. The number of benzene rings is 1. The zero-order chi connectivity index (χ0) is 15.8.